The number of carbonyl (C=O) groups is 4. The Labute approximate surface area is 188 Å². The third-order valence-corrected chi connectivity index (χ3v) is 7.19. The van der Waals surface area contributed by atoms with Crippen molar-refractivity contribution in [2.75, 3.05) is 13.1 Å². The number of nitrogens with zero attached hydrogens (tertiary/aromatic N) is 2. The first-order valence-electron chi connectivity index (χ1n) is 10.8. The summed E-state index contributed by atoms with van der Waals surface area (Å²) in [6.45, 7) is 2.98. The van der Waals surface area contributed by atoms with Crippen LogP contribution in [0.5, 0.6) is 0 Å². The van der Waals surface area contributed by atoms with Gasteiger partial charge in [-0.2, -0.15) is 0 Å². The first-order chi connectivity index (χ1) is 15.5. The van der Waals surface area contributed by atoms with Gasteiger partial charge >= 0.3 is 0 Å². The van der Waals surface area contributed by atoms with Crippen LogP contribution < -0.4 is 16.0 Å². The van der Waals surface area contributed by atoms with E-state index in [9.17, 15) is 19.2 Å². The second kappa shape index (κ2) is 8.53. The Kier molecular flexibility index (Phi) is 5.58. The first-order valence-corrected chi connectivity index (χ1v) is 11.6. The fourth-order valence-corrected chi connectivity index (χ4v) is 5.52. The van der Waals surface area contributed by atoms with Crippen LogP contribution in [0.25, 0.3) is 0 Å². The average Bonchev–Trinajstić information content (AvgIpc) is 3.31. The quantitative estimate of drug-likeness (QED) is 0.431. The summed E-state index contributed by atoms with van der Waals surface area (Å²) < 4.78 is 0. The summed E-state index contributed by atoms with van der Waals surface area (Å²) in [6, 6.07) is 4.22. The molecular weight excluding hydrogens is 430 g/mol. The highest BCUT2D eigenvalue weighted by atomic mass is 32.1. The molecule has 0 radical (unpaired) electrons. The van der Waals surface area contributed by atoms with E-state index in [2.05, 4.69) is 16.0 Å². The topological polar surface area (TPSA) is 120 Å². The molecule has 9 nitrogen and oxygen atoms in total. The van der Waals surface area contributed by atoms with Crippen LogP contribution >= 0.6 is 11.3 Å². The van der Waals surface area contributed by atoms with E-state index in [-0.39, 0.29) is 18.7 Å². The number of hydrogen-bond acceptors (Lipinski definition) is 8. The minimum Gasteiger partial charge on any atom is -0.312 e. The molecule has 1 unspecified atom stereocenters. The number of nitrogens with one attached hydrogen (secondary N) is 3. The van der Waals surface area contributed by atoms with Crippen LogP contribution in [0.15, 0.2) is 18.2 Å². The maximum Gasteiger partial charge on any atom is 0.262 e. The van der Waals surface area contributed by atoms with E-state index in [1.165, 1.54) is 10.6 Å². The molecule has 4 amide bonds. The summed E-state index contributed by atoms with van der Waals surface area (Å²) in [5, 5.41) is 10.0. The largest absolute Gasteiger partial charge is 0.312 e. The molecule has 0 bridgehead atoms. The van der Waals surface area contributed by atoms with Gasteiger partial charge < -0.3 is 10.6 Å². The fraction of sp³-hybridized carbons (Fsp3) is 0.409. The van der Waals surface area contributed by atoms with E-state index in [0.717, 1.165) is 41.4 Å². The highest BCUT2D eigenvalue weighted by molar-refractivity contribution is 7.11. The van der Waals surface area contributed by atoms with Crippen molar-refractivity contribution in [1.29, 1.82) is 0 Å². The molecule has 32 heavy (non-hydrogen) atoms. The van der Waals surface area contributed by atoms with Crippen LogP contribution in [0.4, 0.5) is 0 Å². The molecule has 10 heteroatoms. The number of carbonyl (C=O) groups excluding carboxylic acids is 4. The van der Waals surface area contributed by atoms with E-state index >= 15 is 0 Å². The number of imide groups is 2. The van der Waals surface area contributed by atoms with E-state index in [1.807, 2.05) is 6.07 Å². The molecular formula is C22H23N5O4S. The zero-order valence-electron chi connectivity index (χ0n) is 17.4. The predicted molar refractivity (Wildman–Crippen MR) is 116 cm³/mol. The lowest BCUT2D eigenvalue weighted by molar-refractivity contribution is -0.136. The molecule has 0 saturated carbocycles. The van der Waals surface area contributed by atoms with Gasteiger partial charge in [-0.15, -0.1) is 11.3 Å². The third-order valence-electron chi connectivity index (χ3n) is 6.03. The van der Waals surface area contributed by atoms with Crippen molar-refractivity contribution in [3.05, 3.63) is 50.5 Å². The molecule has 0 spiro atoms. The zero-order chi connectivity index (χ0) is 22.2. The summed E-state index contributed by atoms with van der Waals surface area (Å²) in [5.74, 6) is -1.94. The molecule has 1 atom stereocenters. The molecule has 3 aliphatic rings. The number of piperidine rings is 1. The molecule has 166 valence electrons. The number of aromatic nitrogens is 1. The summed E-state index contributed by atoms with van der Waals surface area (Å²) >= 11 is 1.74. The second-order valence-electron chi connectivity index (χ2n) is 8.12. The molecule has 5 rings (SSSR count). The van der Waals surface area contributed by atoms with Crippen LogP contribution in [0.3, 0.4) is 0 Å². The number of thiazole rings is 1. The molecule has 1 saturated heterocycles. The minimum atomic E-state index is -0.952. The Balaban J connectivity index is 1.25. The SMILES string of the molecule is O=C1CCC(N2C(=O)c3cccc(CNCCc4nc5c(s4)CNCC5)c3C2=O)C(=O)N1. The van der Waals surface area contributed by atoms with Crippen molar-refractivity contribution in [3.63, 3.8) is 0 Å². The average molecular weight is 454 g/mol. The van der Waals surface area contributed by atoms with Crippen molar-refractivity contribution >= 4 is 35.0 Å². The van der Waals surface area contributed by atoms with Crippen molar-refractivity contribution in [2.45, 2.75) is 44.8 Å². The van der Waals surface area contributed by atoms with Gasteiger partial charge in [-0.3, -0.25) is 29.4 Å². The van der Waals surface area contributed by atoms with Gasteiger partial charge in [0.05, 0.1) is 21.8 Å². The number of hydrogen-bond donors (Lipinski definition) is 3. The molecule has 1 aromatic carbocycles. The molecule has 4 heterocycles. The van der Waals surface area contributed by atoms with Crippen molar-refractivity contribution < 1.29 is 19.2 Å². The molecule has 0 aliphatic carbocycles. The van der Waals surface area contributed by atoms with Gasteiger partial charge in [0.1, 0.15) is 6.04 Å². The number of benzene rings is 1. The predicted octanol–water partition coefficient (Wildman–Crippen LogP) is 0.522. The molecule has 3 aliphatic heterocycles. The van der Waals surface area contributed by atoms with Gasteiger partial charge in [-0.05, 0) is 18.1 Å². The summed E-state index contributed by atoms with van der Waals surface area (Å²) in [7, 11) is 0. The molecule has 3 N–H and O–H groups in total. The standard InChI is InChI=1S/C22H23N5O4S/c28-17-5-4-15(20(29)26-17)27-21(30)13-3-1-2-12(19(13)22(27)31)10-23-9-7-18-25-14-6-8-24-11-16(14)32-18/h1-3,15,23-24H,4-11H2,(H,26,28,29). The lowest BCUT2D eigenvalue weighted by Gasteiger charge is -2.27. The van der Waals surface area contributed by atoms with E-state index in [4.69, 9.17) is 4.98 Å². The van der Waals surface area contributed by atoms with Crippen LogP contribution in [-0.2, 0) is 35.5 Å². The van der Waals surface area contributed by atoms with Crippen molar-refractivity contribution in [2.24, 2.45) is 0 Å². The van der Waals surface area contributed by atoms with Crippen LogP contribution in [0.2, 0.25) is 0 Å². The zero-order valence-corrected chi connectivity index (χ0v) is 18.2. The summed E-state index contributed by atoms with van der Waals surface area (Å²) in [5.41, 5.74) is 2.56. The maximum atomic E-state index is 13.1. The molecule has 1 fully saturated rings. The third kappa shape index (κ3) is 3.74. The summed E-state index contributed by atoms with van der Waals surface area (Å²) in [6.07, 6.45) is 2.02. The Hall–Kier alpha value is -2.95. The van der Waals surface area contributed by atoms with Gasteiger partial charge in [0.2, 0.25) is 11.8 Å². The highest BCUT2D eigenvalue weighted by Crippen LogP contribution is 2.30. The Morgan fingerprint density at radius 2 is 2.03 bits per heavy atom. The second-order valence-corrected chi connectivity index (χ2v) is 9.29. The van der Waals surface area contributed by atoms with Gasteiger partial charge in [0.15, 0.2) is 0 Å². The summed E-state index contributed by atoms with van der Waals surface area (Å²) in [4.78, 5) is 56.7. The van der Waals surface area contributed by atoms with Crippen molar-refractivity contribution in [1.82, 2.24) is 25.8 Å². The van der Waals surface area contributed by atoms with Crippen LogP contribution in [0.1, 0.15) is 54.7 Å². The smallest absolute Gasteiger partial charge is 0.262 e. The van der Waals surface area contributed by atoms with Crippen molar-refractivity contribution in [3.8, 4) is 0 Å². The first kappa shape index (κ1) is 20.9. The molecule has 1 aromatic heterocycles. The van der Waals surface area contributed by atoms with E-state index in [0.29, 0.717) is 24.2 Å². The maximum absolute atomic E-state index is 13.1. The lowest BCUT2D eigenvalue weighted by Crippen LogP contribution is -2.54. The minimum absolute atomic E-state index is 0.106. The monoisotopic (exact) mass is 453 g/mol. The van der Waals surface area contributed by atoms with Gasteiger partial charge in [-0.25, -0.2) is 4.98 Å². The normalized spacial score (nSPS) is 20.4. The Bertz CT molecular complexity index is 1100. The fourth-order valence-electron chi connectivity index (χ4n) is 4.44. The number of fused-ring (bicyclic) bond motifs is 2. The number of amides is 4. The van der Waals surface area contributed by atoms with Gasteiger partial charge in [-0.1, -0.05) is 12.1 Å². The molecule has 2 aromatic rings. The van der Waals surface area contributed by atoms with Gasteiger partial charge in [0.25, 0.3) is 11.8 Å². The van der Waals surface area contributed by atoms with Crippen LogP contribution in [0, 0.1) is 0 Å². The lowest BCUT2D eigenvalue weighted by atomic mass is 10.0. The van der Waals surface area contributed by atoms with E-state index < -0.39 is 23.8 Å². The van der Waals surface area contributed by atoms with Gasteiger partial charge in [0, 0.05) is 50.3 Å². The Morgan fingerprint density at radius 3 is 2.84 bits per heavy atom. The highest BCUT2D eigenvalue weighted by Gasteiger charge is 2.45. The van der Waals surface area contributed by atoms with Crippen LogP contribution in [-0.4, -0.2) is 52.6 Å². The number of rotatable bonds is 6. The van der Waals surface area contributed by atoms with E-state index in [1.54, 1.807) is 23.5 Å². The Morgan fingerprint density at radius 1 is 1.16 bits per heavy atom.